The van der Waals surface area contributed by atoms with Gasteiger partial charge in [0.2, 0.25) is 5.82 Å². The number of nitrogens with zero attached hydrogens (tertiary/aromatic N) is 2. The highest BCUT2D eigenvalue weighted by Crippen LogP contribution is 2.25. The molecule has 2 amide bonds. The van der Waals surface area contributed by atoms with Crippen molar-refractivity contribution < 1.29 is 22.8 Å². The van der Waals surface area contributed by atoms with E-state index < -0.39 is 24.1 Å². The number of hydrogen-bond donors (Lipinski definition) is 2. The van der Waals surface area contributed by atoms with E-state index in [1.165, 1.54) is 28.4 Å². The summed E-state index contributed by atoms with van der Waals surface area (Å²) >= 11 is 1.36. The highest BCUT2D eigenvalue weighted by Gasteiger charge is 2.19. The van der Waals surface area contributed by atoms with Crippen LogP contribution in [0.1, 0.15) is 16.2 Å². The molecule has 0 unspecified atom stereocenters. The standard InChI is InChI=1S/C17H13F3N4O2S/c18-12-6-11(27-9-10-4-2-1-3-5-10)8-24-13(12)7-21-15(24)17(26)23-22-16(25)14(19)20/h1-8,14H,9H2,(H,22,25)(H,23,26). The zero-order chi connectivity index (χ0) is 19.4. The molecule has 2 heterocycles. The molecule has 27 heavy (non-hydrogen) atoms. The number of imidazole rings is 1. The Labute approximate surface area is 155 Å². The Morgan fingerprint density at radius 1 is 1.19 bits per heavy atom. The topological polar surface area (TPSA) is 75.5 Å². The summed E-state index contributed by atoms with van der Waals surface area (Å²) in [4.78, 5) is 27.3. The Morgan fingerprint density at radius 3 is 2.63 bits per heavy atom. The van der Waals surface area contributed by atoms with Gasteiger partial charge in [0, 0.05) is 16.8 Å². The quantitative estimate of drug-likeness (QED) is 0.516. The molecule has 1 aromatic carbocycles. The van der Waals surface area contributed by atoms with E-state index >= 15 is 0 Å². The van der Waals surface area contributed by atoms with E-state index in [4.69, 9.17) is 0 Å². The molecule has 3 rings (SSSR count). The van der Waals surface area contributed by atoms with Crippen LogP contribution < -0.4 is 10.9 Å². The summed E-state index contributed by atoms with van der Waals surface area (Å²) in [6.07, 6.45) is -0.617. The predicted octanol–water partition coefficient (Wildman–Crippen LogP) is 2.79. The molecule has 3 aromatic rings. The fraction of sp³-hybridized carbons (Fsp3) is 0.118. The van der Waals surface area contributed by atoms with Crippen LogP contribution in [-0.2, 0) is 10.5 Å². The molecule has 0 aliphatic heterocycles. The molecule has 10 heteroatoms. The molecule has 0 bridgehead atoms. The van der Waals surface area contributed by atoms with Gasteiger partial charge in [0.1, 0.15) is 11.3 Å². The minimum atomic E-state index is -3.28. The summed E-state index contributed by atoms with van der Waals surface area (Å²) in [5.41, 5.74) is 4.48. The average molecular weight is 394 g/mol. The van der Waals surface area contributed by atoms with Crippen molar-refractivity contribution in [3.05, 3.63) is 66.0 Å². The van der Waals surface area contributed by atoms with Gasteiger partial charge in [-0.3, -0.25) is 24.8 Å². The number of carbonyl (C=O) groups is 2. The molecule has 6 nitrogen and oxygen atoms in total. The summed E-state index contributed by atoms with van der Waals surface area (Å²) < 4.78 is 39.8. The summed E-state index contributed by atoms with van der Waals surface area (Å²) in [7, 11) is 0. The Balaban J connectivity index is 1.80. The summed E-state index contributed by atoms with van der Waals surface area (Å²) in [5.74, 6) is -2.85. The number of benzene rings is 1. The van der Waals surface area contributed by atoms with Crippen LogP contribution in [-0.4, -0.2) is 27.6 Å². The second-order valence-corrected chi connectivity index (χ2v) is 6.43. The monoisotopic (exact) mass is 394 g/mol. The number of fused-ring (bicyclic) bond motifs is 1. The number of halogens is 3. The number of thioether (sulfide) groups is 1. The Morgan fingerprint density at radius 2 is 1.93 bits per heavy atom. The van der Waals surface area contributed by atoms with Gasteiger partial charge >= 0.3 is 18.2 Å². The molecule has 0 aliphatic carbocycles. The molecule has 0 atom stereocenters. The number of hydrogen-bond acceptors (Lipinski definition) is 4. The zero-order valence-corrected chi connectivity index (χ0v) is 14.5. The van der Waals surface area contributed by atoms with Crippen LogP contribution in [0, 0.1) is 5.82 Å². The van der Waals surface area contributed by atoms with Crippen molar-refractivity contribution >= 4 is 29.1 Å². The summed E-state index contributed by atoms with van der Waals surface area (Å²) in [6, 6.07) is 10.9. The lowest BCUT2D eigenvalue weighted by Crippen LogP contribution is -2.44. The second kappa shape index (κ2) is 8.12. The highest BCUT2D eigenvalue weighted by molar-refractivity contribution is 7.98. The van der Waals surface area contributed by atoms with E-state index in [2.05, 4.69) is 4.98 Å². The van der Waals surface area contributed by atoms with Crippen molar-refractivity contribution in [2.45, 2.75) is 17.1 Å². The van der Waals surface area contributed by atoms with Crippen molar-refractivity contribution in [3.8, 4) is 0 Å². The lowest BCUT2D eigenvalue weighted by molar-refractivity contribution is -0.132. The average Bonchev–Trinajstić information content (AvgIpc) is 3.09. The van der Waals surface area contributed by atoms with Crippen molar-refractivity contribution in [1.29, 1.82) is 0 Å². The molecular formula is C17H13F3N4O2S. The highest BCUT2D eigenvalue weighted by atomic mass is 32.2. The van der Waals surface area contributed by atoms with Crippen LogP contribution in [0.15, 0.2) is 53.7 Å². The summed E-state index contributed by atoms with van der Waals surface area (Å²) in [5, 5.41) is 0. The first-order valence-electron chi connectivity index (χ1n) is 7.67. The van der Waals surface area contributed by atoms with Gasteiger partial charge in [0.05, 0.1) is 6.20 Å². The maximum atomic E-state index is 14.3. The van der Waals surface area contributed by atoms with Gasteiger partial charge in [0.25, 0.3) is 0 Å². The third-order valence-corrected chi connectivity index (χ3v) is 4.55. The van der Waals surface area contributed by atoms with E-state index in [0.717, 1.165) is 11.8 Å². The number of hydrazine groups is 1. The zero-order valence-electron chi connectivity index (χ0n) is 13.7. The maximum Gasteiger partial charge on any atom is 0.317 e. The molecule has 0 aliphatic rings. The molecule has 140 valence electrons. The van der Waals surface area contributed by atoms with Gasteiger partial charge < -0.3 is 0 Å². The fourth-order valence-corrected chi connectivity index (χ4v) is 3.14. The number of carbonyl (C=O) groups excluding carboxylic acids is 2. The fourth-order valence-electron chi connectivity index (χ4n) is 2.25. The van der Waals surface area contributed by atoms with Crippen LogP contribution >= 0.6 is 11.8 Å². The van der Waals surface area contributed by atoms with Crippen LogP contribution in [0.2, 0.25) is 0 Å². The Bertz CT molecular complexity index is 979. The molecule has 2 aromatic heterocycles. The van der Waals surface area contributed by atoms with Crippen molar-refractivity contribution in [2.75, 3.05) is 0 Å². The van der Waals surface area contributed by atoms with E-state index in [0.29, 0.717) is 10.6 Å². The number of rotatable bonds is 5. The van der Waals surface area contributed by atoms with E-state index in [9.17, 15) is 22.8 Å². The normalized spacial score (nSPS) is 11.0. The first-order valence-corrected chi connectivity index (χ1v) is 8.66. The lowest BCUT2D eigenvalue weighted by atomic mass is 10.2. The van der Waals surface area contributed by atoms with Gasteiger partial charge in [0.15, 0.2) is 0 Å². The minimum Gasteiger partial charge on any atom is -0.292 e. The second-order valence-electron chi connectivity index (χ2n) is 5.38. The van der Waals surface area contributed by atoms with E-state index in [-0.39, 0.29) is 11.3 Å². The SMILES string of the molecule is O=C(NNC(=O)C(F)F)c1ncc2c(F)cc(SCc3ccccc3)cn12. The van der Waals surface area contributed by atoms with Crippen molar-refractivity contribution in [1.82, 2.24) is 20.2 Å². The molecule has 0 fully saturated rings. The van der Waals surface area contributed by atoms with Gasteiger partial charge in [-0.25, -0.2) is 9.37 Å². The first kappa shape index (κ1) is 18.8. The van der Waals surface area contributed by atoms with Crippen LogP contribution in [0.25, 0.3) is 5.52 Å². The largest absolute Gasteiger partial charge is 0.317 e. The predicted molar refractivity (Wildman–Crippen MR) is 92.8 cm³/mol. The smallest absolute Gasteiger partial charge is 0.292 e. The molecule has 2 N–H and O–H groups in total. The molecule has 0 saturated carbocycles. The first-order chi connectivity index (χ1) is 13.0. The van der Waals surface area contributed by atoms with Gasteiger partial charge in [-0.05, 0) is 11.6 Å². The van der Waals surface area contributed by atoms with E-state index in [1.807, 2.05) is 35.8 Å². The number of aromatic nitrogens is 2. The van der Waals surface area contributed by atoms with E-state index in [1.54, 1.807) is 5.43 Å². The number of pyridine rings is 1. The molecular weight excluding hydrogens is 381 g/mol. The molecule has 0 saturated heterocycles. The number of alkyl halides is 2. The molecule has 0 spiro atoms. The number of amides is 2. The third-order valence-electron chi connectivity index (χ3n) is 3.52. The molecule has 0 radical (unpaired) electrons. The third kappa shape index (κ3) is 4.40. The number of nitrogens with one attached hydrogen (secondary N) is 2. The van der Waals surface area contributed by atoms with Crippen molar-refractivity contribution in [3.63, 3.8) is 0 Å². The van der Waals surface area contributed by atoms with Crippen molar-refractivity contribution in [2.24, 2.45) is 0 Å². The van der Waals surface area contributed by atoms with Crippen LogP contribution in [0.3, 0.4) is 0 Å². The Kier molecular flexibility index (Phi) is 5.65. The maximum absolute atomic E-state index is 14.3. The minimum absolute atomic E-state index is 0.0457. The van der Waals surface area contributed by atoms with Crippen LogP contribution in [0.5, 0.6) is 0 Å². The van der Waals surface area contributed by atoms with Gasteiger partial charge in [-0.1, -0.05) is 30.3 Å². The van der Waals surface area contributed by atoms with Gasteiger partial charge in [-0.2, -0.15) is 8.78 Å². The summed E-state index contributed by atoms with van der Waals surface area (Å²) in [6.45, 7) is 0. The van der Waals surface area contributed by atoms with Gasteiger partial charge in [-0.15, -0.1) is 11.8 Å². The lowest BCUT2D eigenvalue weighted by Gasteiger charge is -2.08. The van der Waals surface area contributed by atoms with Crippen LogP contribution in [0.4, 0.5) is 13.2 Å². The Hall–Kier alpha value is -3.01.